The molecule has 132 valence electrons. The number of nitrogens with zero attached hydrogens (tertiary/aromatic N) is 2. The van der Waals surface area contributed by atoms with Gasteiger partial charge in [-0.15, -0.1) is 0 Å². The number of likely N-dealkylation sites (tertiary alicyclic amines) is 1. The van der Waals surface area contributed by atoms with E-state index in [4.69, 9.17) is 10.5 Å². The summed E-state index contributed by atoms with van der Waals surface area (Å²) in [6.07, 6.45) is 2.40. The summed E-state index contributed by atoms with van der Waals surface area (Å²) in [6.45, 7) is 4.31. The maximum absolute atomic E-state index is 12.5. The topological polar surface area (TPSA) is 75.9 Å². The van der Waals surface area contributed by atoms with Crippen LogP contribution >= 0.6 is 0 Å². The summed E-state index contributed by atoms with van der Waals surface area (Å²) in [6, 6.07) is 7.48. The zero-order chi connectivity index (χ0) is 17.5. The first-order chi connectivity index (χ1) is 11.5. The maximum atomic E-state index is 12.5. The molecule has 0 aromatic heterocycles. The summed E-state index contributed by atoms with van der Waals surface area (Å²) in [4.78, 5) is 27.0. The van der Waals surface area contributed by atoms with Gasteiger partial charge < -0.3 is 20.3 Å². The molecule has 1 aliphatic heterocycles. The van der Waals surface area contributed by atoms with Gasteiger partial charge in [0, 0.05) is 26.7 Å². The van der Waals surface area contributed by atoms with E-state index in [-0.39, 0.29) is 11.8 Å². The fraction of sp³-hybridized carbons (Fsp3) is 0.556. The van der Waals surface area contributed by atoms with E-state index >= 15 is 0 Å². The molecule has 0 aliphatic carbocycles. The summed E-state index contributed by atoms with van der Waals surface area (Å²) in [7, 11) is 1.80. The van der Waals surface area contributed by atoms with Crippen LogP contribution in [0, 0.1) is 12.8 Å². The number of hydrogen-bond donors (Lipinski definition) is 1. The van der Waals surface area contributed by atoms with Crippen LogP contribution in [0.4, 0.5) is 4.79 Å². The van der Waals surface area contributed by atoms with E-state index < -0.39 is 6.03 Å². The quantitative estimate of drug-likeness (QED) is 0.809. The second-order valence-electron chi connectivity index (χ2n) is 6.40. The predicted octanol–water partition coefficient (Wildman–Crippen LogP) is 2.01. The van der Waals surface area contributed by atoms with Crippen molar-refractivity contribution in [3.8, 4) is 5.75 Å². The second-order valence-corrected chi connectivity index (χ2v) is 6.40. The molecule has 6 heteroatoms. The van der Waals surface area contributed by atoms with Gasteiger partial charge in [0.2, 0.25) is 5.91 Å². The first-order valence-corrected chi connectivity index (χ1v) is 8.46. The van der Waals surface area contributed by atoms with Crippen LogP contribution in [0.2, 0.25) is 0 Å². The average molecular weight is 333 g/mol. The summed E-state index contributed by atoms with van der Waals surface area (Å²) >= 11 is 0. The third kappa shape index (κ3) is 5.15. The highest BCUT2D eigenvalue weighted by molar-refractivity contribution is 5.80. The van der Waals surface area contributed by atoms with Gasteiger partial charge in [0.1, 0.15) is 5.75 Å². The predicted molar refractivity (Wildman–Crippen MR) is 92.8 cm³/mol. The van der Waals surface area contributed by atoms with Gasteiger partial charge in [-0.05, 0) is 43.9 Å². The molecule has 2 rings (SSSR count). The minimum atomic E-state index is -0.443. The van der Waals surface area contributed by atoms with Gasteiger partial charge in [-0.1, -0.05) is 12.1 Å². The van der Waals surface area contributed by atoms with Gasteiger partial charge in [-0.25, -0.2) is 4.79 Å². The van der Waals surface area contributed by atoms with E-state index in [1.807, 2.05) is 31.2 Å². The molecule has 0 bridgehead atoms. The Morgan fingerprint density at radius 3 is 2.92 bits per heavy atom. The number of primary amides is 1. The molecule has 0 radical (unpaired) electrons. The van der Waals surface area contributed by atoms with Crippen LogP contribution in [0.25, 0.3) is 0 Å². The highest BCUT2D eigenvalue weighted by Crippen LogP contribution is 2.18. The lowest BCUT2D eigenvalue weighted by Gasteiger charge is -2.33. The standard InChI is InChI=1S/C18H27N3O3/c1-14-6-3-8-16(12-14)24-11-5-9-20(2)17(22)15-7-4-10-21(13-15)18(19)23/h3,6,8,12,15H,4-5,7,9-11,13H2,1-2H3,(H2,19,23)/t15-/m1/s1. The molecule has 1 saturated heterocycles. The lowest BCUT2D eigenvalue weighted by atomic mass is 9.97. The van der Waals surface area contributed by atoms with Crippen molar-refractivity contribution in [3.05, 3.63) is 29.8 Å². The van der Waals surface area contributed by atoms with E-state index in [9.17, 15) is 9.59 Å². The average Bonchev–Trinajstić information content (AvgIpc) is 2.58. The van der Waals surface area contributed by atoms with Gasteiger partial charge >= 0.3 is 6.03 Å². The molecule has 24 heavy (non-hydrogen) atoms. The molecular formula is C18H27N3O3. The number of urea groups is 1. The lowest BCUT2D eigenvalue weighted by Crippen LogP contribution is -2.47. The molecule has 1 fully saturated rings. The number of carbonyl (C=O) groups is 2. The van der Waals surface area contributed by atoms with E-state index in [0.29, 0.717) is 26.2 Å². The minimum Gasteiger partial charge on any atom is -0.494 e. The molecule has 1 aromatic carbocycles. The number of nitrogens with two attached hydrogens (primary N) is 1. The van der Waals surface area contributed by atoms with Gasteiger partial charge in [0.05, 0.1) is 12.5 Å². The Morgan fingerprint density at radius 1 is 1.42 bits per heavy atom. The number of rotatable bonds is 6. The van der Waals surface area contributed by atoms with Crippen molar-refractivity contribution < 1.29 is 14.3 Å². The molecule has 3 amide bonds. The van der Waals surface area contributed by atoms with Crippen molar-refractivity contribution in [2.75, 3.05) is 33.3 Å². The monoisotopic (exact) mass is 333 g/mol. The number of benzene rings is 1. The first kappa shape index (κ1) is 18.1. The van der Waals surface area contributed by atoms with Crippen molar-refractivity contribution in [1.29, 1.82) is 0 Å². The van der Waals surface area contributed by atoms with E-state index in [1.165, 1.54) is 0 Å². The molecule has 6 nitrogen and oxygen atoms in total. The molecule has 1 aromatic rings. The molecule has 0 saturated carbocycles. The largest absolute Gasteiger partial charge is 0.494 e. The fourth-order valence-electron chi connectivity index (χ4n) is 3.00. The van der Waals surface area contributed by atoms with E-state index in [2.05, 4.69) is 0 Å². The highest BCUT2D eigenvalue weighted by Gasteiger charge is 2.29. The summed E-state index contributed by atoms with van der Waals surface area (Å²) < 4.78 is 5.70. The van der Waals surface area contributed by atoms with Crippen LogP contribution in [0.15, 0.2) is 24.3 Å². The SMILES string of the molecule is Cc1cccc(OCCCN(C)C(=O)[C@@H]2CCCN(C(N)=O)C2)c1. The normalized spacial score (nSPS) is 17.4. The Morgan fingerprint density at radius 2 is 2.21 bits per heavy atom. The smallest absolute Gasteiger partial charge is 0.314 e. The first-order valence-electron chi connectivity index (χ1n) is 8.46. The molecule has 1 heterocycles. The Bertz CT molecular complexity index is 576. The third-order valence-electron chi connectivity index (χ3n) is 4.35. The Labute approximate surface area is 143 Å². The Kier molecular flexibility index (Phi) is 6.46. The molecule has 1 atom stereocenters. The van der Waals surface area contributed by atoms with Gasteiger partial charge in [0.15, 0.2) is 0 Å². The van der Waals surface area contributed by atoms with Crippen LogP contribution in [0.5, 0.6) is 5.75 Å². The van der Waals surface area contributed by atoms with Crippen LogP contribution in [-0.2, 0) is 4.79 Å². The molecule has 1 aliphatic rings. The Hall–Kier alpha value is -2.24. The van der Waals surface area contributed by atoms with Crippen molar-refractivity contribution in [1.82, 2.24) is 9.80 Å². The molecular weight excluding hydrogens is 306 g/mol. The fourth-order valence-corrected chi connectivity index (χ4v) is 3.00. The van der Waals surface area contributed by atoms with E-state index in [0.717, 1.165) is 30.6 Å². The second kappa shape index (κ2) is 8.57. The van der Waals surface area contributed by atoms with Crippen molar-refractivity contribution >= 4 is 11.9 Å². The summed E-state index contributed by atoms with van der Waals surface area (Å²) in [5, 5.41) is 0. The lowest BCUT2D eigenvalue weighted by molar-refractivity contribution is -0.135. The van der Waals surface area contributed by atoms with Gasteiger partial charge in [-0.3, -0.25) is 4.79 Å². The van der Waals surface area contributed by atoms with E-state index in [1.54, 1.807) is 16.8 Å². The number of amides is 3. The maximum Gasteiger partial charge on any atom is 0.314 e. The van der Waals surface area contributed by atoms with Crippen LogP contribution in [0.3, 0.4) is 0 Å². The summed E-state index contributed by atoms with van der Waals surface area (Å²) in [5.74, 6) is 0.791. The van der Waals surface area contributed by atoms with Gasteiger partial charge in [0.25, 0.3) is 0 Å². The number of hydrogen-bond acceptors (Lipinski definition) is 3. The number of aryl methyl sites for hydroxylation is 1. The van der Waals surface area contributed by atoms with Crippen molar-refractivity contribution in [2.45, 2.75) is 26.2 Å². The van der Waals surface area contributed by atoms with Crippen LogP contribution in [-0.4, -0.2) is 55.0 Å². The number of carbonyl (C=O) groups excluding carboxylic acids is 2. The van der Waals surface area contributed by atoms with Crippen LogP contribution < -0.4 is 10.5 Å². The van der Waals surface area contributed by atoms with Crippen LogP contribution in [0.1, 0.15) is 24.8 Å². The molecule has 0 spiro atoms. The zero-order valence-corrected chi connectivity index (χ0v) is 14.5. The number of ether oxygens (including phenoxy) is 1. The molecule has 2 N–H and O–H groups in total. The van der Waals surface area contributed by atoms with Crippen molar-refractivity contribution in [2.24, 2.45) is 11.7 Å². The summed E-state index contributed by atoms with van der Waals surface area (Å²) in [5.41, 5.74) is 6.48. The van der Waals surface area contributed by atoms with Crippen molar-refractivity contribution in [3.63, 3.8) is 0 Å². The Balaban J connectivity index is 1.72. The number of piperidine rings is 1. The minimum absolute atomic E-state index is 0.0801. The third-order valence-corrected chi connectivity index (χ3v) is 4.35. The zero-order valence-electron chi connectivity index (χ0n) is 14.5. The van der Waals surface area contributed by atoms with Gasteiger partial charge in [-0.2, -0.15) is 0 Å². The highest BCUT2D eigenvalue weighted by atomic mass is 16.5. The molecule has 0 unspecified atom stereocenters.